The van der Waals surface area contributed by atoms with Crippen LogP contribution in [0.1, 0.15) is 16.1 Å². The van der Waals surface area contributed by atoms with Gasteiger partial charge in [-0.1, -0.05) is 18.2 Å². The second kappa shape index (κ2) is 10.8. The van der Waals surface area contributed by atoms with Gasteiger partial charge in [-0.3, -0.25) is 9.69 Å². The summed E-state index contributed by atoms with van der Waals surface area (Å²) < 4.78 is 37.6. The van der Waals surface area contributed by atoms with Crippen molar-refractivity contribution in [2.24, 2.45) is 0 Å². The van der Waals surface area contributed by atoms with Gasteiger partial charge in [-0.25, -0.2) is 13.8 Å². The van der Waals surface area contributed by atoms with Crippen LogP contribution in [-0.4, -0.2) is 67.1 Å². The molecule has 174 valence electrons. The van der Waals surface area contributed by atoms with E-state index in [0.717, 1.165) is 37.3 Å². The maximum Gasteiger partial charge on any atom is 0.273 e. The van der Waals surface area contributed by atoms with E-state index in [0.29, 0.717) is 41.7 Å². The number of para-hydroxylation sites is 1. The minimum atomic E-state index is -0.910. The maximum absolute atomic E-state index is 13.5. The number of halogens is 2. The average Bonchev–Trinajstić information content (AvgIpc) is 3.34. The summed E-state index contributed by atoms with van der Waals surface area (Å²) in [7, 11) is 1.69. The minimum Gasteiger partial charge on any atom is -0.488 e. The Hall–Kier alpha value is -2.88. The normalized spacial score (nSPS) is 14.5. The Bertz CT molecular complexity index is 1100. The lowest BCUT2D eigenvalue weighted by Crippen LogP contribution is -2.49. The number of nitrogens with zero attached hydrogens (tertiary/aromatic N) is 3. The molecule has 3 aromatic rings. The highest BCUT2D eigenvalue weighted by Gasteiger charge is 2.24. The summed E-state index contributed by atoms with van der Waals surface area (Å²) in [4.78, 5) is 21.6. The number of ether oxygens (including phenoxy) is 2. The summed E-state index contributed by atoms with van der Waals surface area (Å²) in [6.45, 7) is 4.56. The fourth-order valence-electron chi connectivity index (χ4n) is 3.61. The molecule has 6 nitrogen and oxygen atoms in total. The molecule has 0 bridgehead atoms. The smallest absolute Gasteiger partial charge is 0.273 e. The fraction of sp³-hybridized carbons (Fsp3) is 0.333. The predicted molar refractivity (Wildman–Crippen MR) is 122 cm³/mol. The Kier molecular flexibility index (Phi) is 7.64. The third kappa shape index (κ3) is 5.73. The number of amides is 1. The molecule has 33 heavy (non-hydrogen) atoms. The summed E-state index contributed by atoms with van der Waals surface area (Å²) >= 11 is 1.37. The Morgan fingerprint density at radius 2 is 1.88 bits per heavy atom. The zero-order valence-electron chi connectivity index (χ0n) is 18.3. The van der Waals surface area contributed by atoms with Crippen molar-refractivity contribution in [3.8, 4) is 16.3 Å². The van der Waals surface area contributed by atoms with Crippen molar-refractivity contribution in [3.63, 3.8) is 0 Å². The third-order valence-electron chi connectivity index (χ3n) is 5.49. The van der Waals surface area contributed by atoms with Crippen LogP contribution in [0.3, 0.4) is 0 Å². The SMILES string of the molecule is COCCN1CCN(C(=O)c2csc(-c3ccccc3OCc3ccc(F)c(F)c3)n2)CC1. The van der Waals surface area contributed by atoms with Crippen molar-refractivity contribution in [1.29, 1.82) is 0 Å². The van der Waals surface area contributed by atoms with Crippen LogP contribution >= 0.6 is 11.3 Å². The van der Waals surface area contributed by atoms with Crippen LogP contribution < -0.4 is 4.74 Å². The van der Waals surface area contributed by atoms with E-state index in [4.69, 9.17) is 9.47 Å². The lowest BCUT2D eigenvalue weighted by atomic mass is 10.2. The zero-order valence-corrected chi connectivity index (χ0v) is 19.1. The van der Waals surface area contributed by atoms with E-state index >= 15 is 0 Å². The molecule has 1 amide bonds. The number of hydrogen-bond donors (Lipinski definition) is 0. The number of aromatic nitrogens is 1. The molecule has 1 aliphatic rings. The average molecular weight is 474 g/mol. The van der Waals surface area contributed by atoms with Crippen molar-refractivity contribution < 1.29 is 23.0 Å². The van der Waals surface area contributed by atoms with Gasteiger partial charge in [-0.2, -0.15) is 0 Å². The van der Waals surface area contributed by atoms with Gasteiger partial charge in [0.25, 0.3) is 5.91 Å². The van der Waals surface area contributed by atoms with Crippen LogP contribution in [0.5, 0.6) is 5.75 Å². The largest absolute Gasteiger partial charge is 0.488 e. The molecule has 2 heterocycles. The minimum absolute atomic E-state index is 0.0796. The van der Waals surface area contributed by atoms with Gasteiger partial charge in [0.15, 0.2) is 11.6 Å². The van der Waals surface area contributed by atoms with E-state index in [1.54, 1.807) is 18.6 Å². The topological polar surface area (TPSA) is 54.9 Å². The standard InChI is InChI=1S/C24H25F2N3O3S/c1-31-13-12-28-8-10-29(11-9-28)24(30)21-16-33-23(27-21)18-4-2-3-5-22(18)32-15-17-6-7-19(25)20(26)14-17/h2-7,14,16H,8-13,15H2,1H3. The van der Waals surface area contributed by atoms with E-state index in [-0.39, 0.29) is 12.5 Å². The number of rotatable bonds is 8. The highest BCUT2D eigenvalue weighted by atomic mass is 32.1. The Labute approximate surface area is 195 Å². The van der Waals surface area contributed by atoms with Gasteiger partial charge in [-0.15, -0.1) is 11.3 Å². The highest BCUT2D eigenvalue weighted by molar-refractivity contribution is 7.13. The first kappa shape index (κ1) is 23.3. The monoisotopic (exact) mass is 473 g/mol. The maximum atomic E-state index is 13.5. The molecule has 0 atom stereocenters. The second-order valence-corrected chi connectivity index (χ2v) is 8.56. The quantitative estimate of drug-likeness (QED) is 0.494. The number of hydrogen-bond acceptors (Lipinski definition) is 6. The lowest BCUT2D eigenvalue weighted by molar-refractivity contribution is 0.0589. The molecule has 1 aliphatic heterocycles. The Morgan fingerprint density at radius 1 is 1.09 bits per heavy atom. The summed E-state index contributed by atoms with van der Waals surface area (Å²) in [6, 6.07) is 11.0. The van der Waals surface area contributed by atoms with Gasteiger partial charge in [0.1, 0.15) is 23.1 Å². The molecular formula is C24H25F2N3O3S. The van der Waals surface area contributed by atoms with Crippen molar-refractivity contribution in [1.82, 2.24) is 14.8 Å². The third-order valence-corrected chi connectivity index (χ3v) is 6.37. The molecule has 1 fully saturated rings. The summed E-state index contributed by atoms with van der Waals surface area (Å²) in [5.41, 5.74) is 1.67. The van der Waals surface area contributed by atoms with Crippen LogP contribution in [0.25, 0.3) is 10.6 Å². The van der Waals surface area contributed by atoms with Crippen molar-refractivity contribution in [2.45, 2.75) is 6.61 Å². The molecule has 9 heteroatoms. The van der Waals surface area contributed by atoms with Gasteiger partial charge in [0.05, 0.1) is 12.2 Å². The van der Waals surface area contributed by atoms with Crippen molar-refractivity contribution >= 4 is 17.2 Å². The number of thiazole rings is 1. The number of piperazine rings is 1. The van der Waals surface area contributed by atoms with Gasteiger partial charge < -0.3 is 14.4 Å². The first-order chi connectivity index (χ1) is 16.0. The van der Waals surface area contributed by atoms with E-state index in [9.17, 15) is 13.6 Å². The molecule has 0 spiro atoms. The Morgan fingerprint density at radius 3 is 2.64 bits per heavy atom. The number of benzene rings is 2. The molecule has 2 aromatic carbocycles. The van der Waals surface area contributed by atoms with Gasteiger partial charge >= 0.3 is 0 Å². The van der Waals surface area contributed by atoms with Crippen LogP contribution in [0.15, 0.2) is 47.8 Å². The van der Waals surface area contributed by atoms with Crippen molar-refractivity contribution in [2.75, 3.05) is 46.4 Å². The van der Waals surface area contributed by atoms with Crippen LogP contribution in [-0.2, 0) is 11.3 Å². The first-order valence-corrected chi connectivity index (χ1v) is 11.6. The van der Waals surface area contributed by atoms with E-state index in [1.807, 2.05) is 23.1 Å². The predicted octanol–water partition coefficient (Wildman–Crippen LogP) is 4.07. The molecule has 0 radical (unpaired) electrons. The number of methoxy groups -OCH3 is 1. The van der Waals surface area contributed by atoms with Gasteiger partial charge in [-0.05, 0) is 29.8 Å². The zero-order chi connectivity index (χ0) is 23.2. The van der Waals surface area contributed by atoms with E-state index in [1.165, 1.54) is 17.4 Å². The van der Waals surface area contributed by atoms with Crippen molar-refractivity contribution in [3.05, 3.63) is 70.7 Å². The number of carbonyl (C=O) groups excluding carboxylic acids is 1. The molecule has 0 saturated carbocycles. The molecule has 0 unspecified atom stereocenters. The van der Waals surface area contributed by atoms with Crippen LogP contribution in [0.4, 0.5) is 8.78 Å². The van der Waals surface area contributed by atoms with E-state index in [2.05, 4.69) is 9.88 Å². The van der Waals surface area contributed by atoms with Gasteiger partial charge in [0.2, 0.25) is 0 Å². The highest BCUT2D eigenvalue weighted by Crippen LogP contribution is 2.33. The summed E-state index contributed by atoms with van der Waals surface area (Å²) in [5.74, 6) is -1.33. The summed E-state index contributed by atoms with van der Waals surface area (Å²) in [6.07, 6.45) is 0. The number of carbonyl (C=O) groups is 1. The molecular weight excluding hydrogens is 448 g/mol. The lowest BCUT2D eigenvalue weighted by Gasteiger charge is -2.34. The molecule has 1 aromatic heterocycles. The van der Waals surface area contributed by atoms with Crippen LogP contribution in [0.2, 0.25) is 0 Å². The van der Waals surface area contributed by atoms with Gasteiger partial charge in [0, 0.05) is 45.2 Å². The first-order valence-electron chi connectivity index (χ1n) is 10.7. The fourth-order valence-corrected chi connectivity index (χ4v) is 4.44. The van der Waals surface area contributed by atoms with E-state index < -0.39 is 11.6 Å². The summed E-state index contributed by atoms with van der Waals surface area (Å²) in [5, 5.41) is 2.43. The molecule has 0 N–H and O–H groups in total. The molecule has 4 rings (SSSR count). The molecule has 0 aliphatic carbocycles. The second-order valence-electron chi connectivity index (χ2n) is 7.70. The Balaban J connectivity index is 1.42. The van der Waals surface area contributed by atoms with Crippen LogP contribution in [0, 0.1) is 11.6 Å². The molecule has 1 saturated heterocycles.